The van der Waals surface area contributed by atoms with Gasteiger partial charge >= 0.3 is 0 Å². The second kappa shape index (κ2) is 14.7. The van der Waals surface area contributed by atoms with E-state index in [1.54, 1.807) is 0 Å². The highest BCUT2D eigenvalue weighted by molar-refractivity contribution is 7.99. The molecule has 15 heteroatoms. The lowest BCUT2D eigenvalue weighted by molar-refractivity contribution is -0.143. The Morgan fingerprint density at radius 3 is 2.26 bits per heavy atom. The molecule has 3 unspecified atom stereocenters. The number of rotatable bonds is 1. The first-order valence-corrected chi connectivity index (χ1v) is 14.0. The molecule has 0 aliphatic carbocycles. The number of primary amides is 1. The Bertz CT molecular complexity index is 969. The molecule has 7 N–H and O–H groups in total. The van der Waals surface area contributed by atoms with E-state index in [9.17, 15) is 33.6 Å². The minimum Gasteiger partial charge on any atom is -0.368 e. The van der Waals surface area contributed by atoms with Crippen molar-refractivity contribution in [2.24, 2.45) is 11.1 Å². The van der Waals surface area contributed by atoms with Crippen LogP contribution in [0.1, 0.15) is 46.5 Å². The molecule has 2 fully saturated rings. The summed E-state index contributed by atoms with van der Waals surface area (Å²) in [5.74, 6) is -3.35. The van der Waals surface area contributed by atoms with Crippen LogP contribution in [-0.4, -0.2) is 102 Å². The van der Waals surface area contributed by atoms with Crippen LogP contribution in [0, 0.1) is 5.41 Å². The van der Waals surface area contributed by atoms with E-state index in [0.717, 1.165) is 0 Å². The zero-order valence-corrected chi connectivity index (χ0v) is 23.4. The van der Waals surface area contributed by atoms with Crippen LogP contribution < -0.4 is 32.3 Å². The van der Waals surface area contributed by atoms with Gasteiger partial charge in [-0.1, -0.05) is 20.8 Å². The minimum absolute atomic E-state index is 0.00558. The van der Waals surface area contributed by atoms with Gasteiger partial charge in [-0.25, -0.2) is 0 Å². The van der Waals surface area contributed by atoms with Gasteiger partial charge in [0.15, 0.2) is 0 Å². The van der Waals surface area contributed by atoms with Crippen LogP contribution >= 0.6 is 11.8 Å². The Morgan fingerprint density at radius 2 is 1.59 bits per heavy atom. The van der Waals surface area contributed by atoms with Crippen molar-refractivity contribution in [1.29, 1.82) is 0 Å². The van der Waals surface area contributed by atoms with E-state index in [1.165, 1.54) is 16.7 Å². The standard InChI is InChI=1S/C24H39N7O7S/c1-24(2,3)20-23(38)31-9-4-5-15(31)22(37)28-11-17(33)26-8-6-16(32)27-12-18(34)29-14(21(25)36)7-10-39-13-19(35)30-20/h14-15,20H,4-13H2,1-3H3,(H2,25,36)(H,26,33)(H,27,32)(H,28,37)(H,29,34)(H,30,35). The zero-order chi connectivity index (χ0) is 29.2. The normalized spacial score (nSPS) is 25.9. The Kier molecular flexibility index (Phi) is 12.0. The minimum atomic E-state index is -0.994. The fourth-order valence-corrected chi connectivity index (χ4v) is 4.96. The fraction of sp³-hybridized carbons (Fsp3) is 0.708. The van der Waals surface area contributed by atoms with Gasteiger partial charge in [0.2, 0.25) is 41.4 Å². The van der Waals surface area contributed by atoms with Crippen LogP contribution in [0.25, 0.3) is 0 Å². The van der Waals surface area contributed by atoms with Crippen molar-refractivity contribution in [3.8, 4) is 0 Å². The molecule has 2 aliphatic heterocycles. The summed E-state index contributed by atoms with van der Waals surface area (Å²) in [5, 5.41) is 12.7. The maximum atomic E-state index is 13.5. The molecule has 2 aliphatic rings. The lowest BCUT2D eigenvalue weighted by atomic mass is 9.85. The molecule has 0 spiro atoms. The molecule has 0 aromatic heterocycles. The lowest BCUT2D eigenvalue weighted by Crippen LogP contribution is -2.58. The number of carbonyl (C=O) groups excluding carboxylic acids is 7. The quantitative estimate of drug-likeness (QED) is 0.196. The molecule has 3 atom stereocenters. The second-order valence-electron chi connectivity index (χ2n) is 10.5. The smallest absolute Gasteiger partial charge is 0.246 e. The number of nitrogens with one attached hydrogen (secondary N) is 5. The topological polar surface area (TPSA) is 209 Å². The summed E-state index contributed by atoms with van der Waals surface area (Å²) in [4.78, 5) is 88.6. The number of amides is 7. The average Bonchev–Trinajstić information content (AvgIpc) is 3.35. The van der Waals surface area contributed by atoms with Crippen molar-refractivity contribution in [1.82, 2.24) is 31.5 Å². The van der Waals surface area contributed by atoms with Crippen molar-refractivity contribution >= 4 is 53.1 Å². The van der Waals surface area contributed by atoms with Gasteiger partial charge in [-0.05, 0) is 30.4 Å². The molecule has 2 saturated heterocycles. The summed E-state index contributed by atoms with van der Waals surface area (Å²) in [7, 11) is 0. The van der Waals surface area contributed by atoms with Crippen LogP contribution in [0.5, 0.6) is 0 Å². The molecule has 0 aromatic carbocycles. The summed E-state index contributed by atoms with van der Waals surface area (Å²) >= 11 is 1.21. The van der Waals surface area contributed by atoms with Crippen molar-refractivity contribution in [2.75, 3.05) is 37.7 Å². The first-order valence-electron chi connectivity index (χ1n) is 12.9. The van der Waals surface area contributed by atoms with Crippen LogP contribution in [-0.2, 0) is 33.6 Å². The largest absolute Gasteiger partial charge is 0.368 e. The predicted octanol–water partition coefficient (Wildman–Crippen LogP) is -2.65. The molecule has 0 radical (unpaired) electrons. The zero-order valence-electron chi connectivity index (χ0n) is 22.6. The maximum absolute atomic E-state index is 13.5. The number of nitrogens with two attached hydrogens (primary N) is 1. The highest BCUT2D eigenvalue weighted by atomic mass is 32.2. The monoisotopic (exact) mass is 569 g/mol. The average molecular weight is 570 g/mol. The maximum Gasteiger partial charge on any atom is 0.246 e. The van der Waals surface area contributed by atoms with Crippen LogP contribution in [0.4, 0.5) is 0 Å². The molecule has 2 heterocycles. The van der Waals surface area contributed by atoms with E-state index in [4.69, 9.17) is 5.73 Å². The number of carbonyl (C=O) groups is 7. The first-order chi connectivity index (χ1) is 18.3. The van der Waals surface area contributed by atoms with Gasteiger partial charge in [0.05, 0.1) is 18.8 Å². The van der Waals surface area contributed by atoms with Gasteiger partial charge in [-0.3, -0.25) is 33.6 Å². The van der Waals surface area contributed by atoms with E-state index in [-0.39, 0.29) is 44.1 Å². The molecule has 218 valence electrons. The van der Waals surface area contributed by atoms with E-state index in [0.29, 0.717) is 25.1 Å². The third kappa shape index (κ3) is 10.4. The van der Waals surface area contributed by atoms with Crippen LogP contribution in [0.2, 0.25) is 0 Å². The SMILES string of the molecule is CC(C)(C)C1NC(=O)CSCCC(C(N)=O)NC(=O)CNC(=O)CCNC(=O)CNC(=O)C2CCCN2C1=O. The van der Waals surface area contributed by atoms with Crippen molar-refractivity contribution in [2.45, 2.75) is 64.6 Å². The molecule has 0 saturated carbocycles. The third-order valence-corrected chi connectivity index (χ3v) is 7.25. The predicted molar refractivity (Wildman–Crippen MR) is 143 cm³/mol. The molecule has 7 amide bonds. The number of nitrogens with zero attached hydrogens (tertiary/aromatic N) is 1. The fourth-order valence-electron chi connectivity index (χ4n) is 4.15. The number of thioether (sulfide) groups is 1. The molecular weight excluding hydrogens is 530 g/mol. The number of hydrogen-bond acceptors (Lipinski definition) is 8. The van der Waals surface area contributed by atoms with Crippen LogP contribution in [0.3, 0.4) is 0 Å². The molecule has 14 nitrogen and oxygen atoms in total. The Hall–Kier alpha value is -3.36. The van der Waals surface area contributed by atoms with E-state index < -0.39 is 59.0 Å². The van der Waals surface area contributed by atoms with Crippen LogP contribution in [0.15, 0.2) is 0 Å². The van der Waals surface area contributed by atoms with Crippen molar-refractivity contribution in [3.63, 3.8) is 0 Å². The summed E-state index contributed by atoms with van der Waals surface area (Å²) in [6.07, 6.45) is 1.07. The van der Waals surface area contributed by atoms with Crippen molar-refractivity contribution in [3.05, 3.63) is 0 Å². The van der Waals surface area contributed by atoms with Gasteiger partial charge in [0.1, 0.15) is 18.1 Å². The summed E-state index contributed by atoms with van der Waals surface area (Å²) in [6.45, 7) is 5.02. The highest BCUT2D eigenvalue weighted by Gasteiger charge is 2.41. The third-order valence-electron chi connectivity index (χ3n) is 6.26. The van der Waals surface area contributed by atoms with Gasteiger partial charge in [0.25, 0.3) is 0 Å². The summed E-state index contributed by atoms with van der Waals surface area (Å²) in [6, 6.07) is -2.66. The molecule has 2 rings (SSSR count). The number of fused-ring (bicyclic) bond motifs is 1. The Balaban J connectivity index is 2.16. The van der Waals surface area contributed by atoms with E-state index in [1.807, 2.05) is 20.8 Å². The molecular formula is C24H39N7O7S. The van der Waals surface area contributed by atoms with E-state index >= 15 is 0 Å². The molecule has 39 heavy (non-hydrogen) atoms. The summed E-state index contributed by atoms with van der Waals surface area (Å²) < 4.78 is 0. The lowest BCUT2D eigenvalue weighted by Gasteiger charge is -2.35. The highest BCUT2D eigenvalue weighted by Crippen LogP contribution is 2.26. The van der Waals surface area contributed by atoms with Crippen molar-refractivity contribution < 1.29 is 33.6 Å². The summed E-state index contributed by atoms with van der Waals surface area (Å²) in [5.41, 5.74) is 4.73. The van der Waals surface area contributed by atoms with Gasteiger partial charge in [-0.15, -0.1) is 0 Å². The first kappa shape index (κ1) is 31.9. The Morgan fingerprint density at radius 1 is 0.897 bits per heavy atom. The Labute approximate surface area is 231 Å². The molecule has 0 bridgehead atoms. The van der Waals surface area contributed by atoms with Gasteiger partial charge < -0.3 is 37.2 Å². The van der Waals surface area contributed by atoms with E-state index in [2.05, 4.69) is 26.6 Å². The second-order valence-corrected chi connectivity index (χ2v) is 11.6. The number of hydrogen-bond donors (Lipinski definition) is 6. The molecule has 0 aromatic rings. The van der Waals surface area contributed by atoms with Gasteiger partial charge in [-0.2, -0.15) is 11.8 Å². The van der Waals surface area contributed by atoms with Gasteiger partial charge in [0, 0.05) is 19.5 Å².